The first kappa shape index (κ1) is 23.3. The molecule has 0 bridgehead atoms. The van der Waals surface area contributed by atoms with Crippen molar-refractivity contribution < 1.29 is 9.53 Å². The van der Waals surface area contributed by atoms with Crippen molar-refractivity contribution in [2.75, 3.05) is 13.2 Å². The van der Waals surface area contributed by atoms with Crippen molar-refractivity contribution in [2.45, 2.75) is 33.7 Å². The summed E-state index contributed by atoms with van der Waals surface area (Å²) >= 11 is 0. The van der Waals surface area contributed by atoms with Crippen LogP contribution < -0.4 is 0 Å². The van der Waals surface area contributed by atoms with Gasteiger partial charge in [-0.15, -0.1) is 0 Å². The lowest BCUT2D eigenvalue weighted by Gasteiger charge is -2.26. The van der Waals surface area contributed by atoms with Crippen molar-refractivity contribution in [3.05, 3.63) is 107 Å². The average Bonchev–Trinajstić information content (AvgIpc) is 2.80. The molecule has 0 spiro atoms. The maximum atomic E-state index is 13.0. The molecule has 3 rings (SSSR count). The van der Waals surface area contributed by atoms with Crippen LogP contribution in [0.3, 0.4) is 0 Å². The summed E-state index contributed by atoms with van der Waals surface area (Å²) in [7, 11) is 0. The zero-order chi connectivity index (χ0) is 22.8. The van der Waals surface area contributed by atoms with E-state index in [1.807, 2.05) is 61.5 Å². The number of amidine groups is 1. The normalized spacial score (nSPS) is 11.4. The highest BCUT2D eigenvalue weighted by atomic mass is 16.5. The molecule has 3 aromatic rings. The van der Waals surface area contributed by atoms with E-state index < -0.39 is 0 Å². The van der Waals surface area contributed by atoms with Gasteiger partial charge in [0.1, 0.15) is 0 Å². The minimum Gasteiger partial charge on any atom is -0.465 e. The van der Waals surface area contributed by atoms with Crippen molar-refractivity contribution in [1.82, 2.24) is 4.90 Å². The second-order valence-electron chi connectivity index (χ2n) is 8.42. The highest BCUT2D eigenvalue weighted by Gasteiger charge is 2.18. The number of carbonyl (C=O) groups is 1. The van der Waals surface area contributed by atoms with Crippen LogP contribution in [0.5, 0.6) is 0 Å². The van der Waals surface area contributed by atoms with Crippen LogP contribution in [0.4, 0.5) is 0 Å². The van der Waals surface area contributed by atoms with Gasteiger partial charge in [-0.3, -0.25) is 4.79 Å². The molecule has 0 saturated carbocycles. The van der Waals surface area contributed by atoms with Crippen LogP contribution in [0.15, 0.2) is 89.9 Å². The average molecular weight is 429 g/mol. The summed E-state index contributed by atoms with van der Waals surface area (Å²) in [6, 6.07) is 28.4. The molecule has 4 heteroatoms. The number of aryl methyl sites for hydroxylation is 1. The lowest BCUT2D eigenvalue weighted by molar-refractivity contribution is 0.0991. The molecule has 0 aliphatic carbocycles. The third-order valence-electron chi connectivity index (χ3n) is 5.01. The van der Waals surface area contributed by atoms with E-state index in [9.17, 15) is 4.79 Å². The smallest absolute Gasteiger partial charge is 0.295 e. The highest BCUT2D eigenvalue weighted by Crippen LogP contribution is 2.12. The standard InChI is InChI=1S/C28H32N2O2/c1-22(2)21-32-28(29-27(31)26-16-10-11-23(3)19-26)30(20-25-14-8-5-9-15-25)18-17-24-12-6-4-7-13-24/h4-16,19,22H,17-18,20-21H2,1-3H3. The van der Waals surface area contributed by atoms with Crippen molar-refractivity contribution in [3.8, 4) is 0 Å². The third kappa shape index (κ3) is 7.38. The molecule has 1 amide bonds. The van der Waals surface area contributed by atoms with Gasteiger partial charge in [0.2, 0.25) is 0 Å². The summed E-state index contributed by atoms with van der Waals surface area (Å²) < 4.78 is 6.10. The molecular formula is C28H32N2O2. The van der Waals surface area contributed by atoms with Crippen molar-refractivity contribution in [2.24, 2.45) is 10.9 Å². The Labute approximate surface area is 191 Å². The lowest BCUT2D eigenvalue weighted by atomic mass is 10.1. The molecule has 0 saturated heterocycles. The topological polar surface area (TPSA) is 41.9 Å². The Morgan fingerprint density at radius 2 is 1.56 bits per heavy atom. The molecule has 0 N–H and O–H groups in total. The fourth-order valence-electron chi connectivity index (χ4n) is 3.32. The third-order valence-corrected chi connectivity index (χ3v) is 5.01. The van der Waals surface area contributed by atoms with E-state index in [-0.39, 0.29) is 5.91 Å². The molecule has 4 nitrogen and oxygen atoms in total. The summed E-state index contributed by atoms with van der Waals surface area (Å²) in [5, 5.41) is 0. The Balaban J connectivity index is 1.89. The van der Waals surface area contributed by atoms with Gasteiger partial charge in [-0.25, -0.2) is 0 Å². The quantitative estimate of drug-likeness (QED) is 0.331. The number of ether oxygens (including phenoxy) is 1. The van der Waals surface area contributed by atoms with E-state index in [2.05, 4.69) is 48.0 Å². The Morgan fingerprint density at radius 1 is 0.906 bits per heavy atom. The summed E-state index contributed by atoms with van der Waals surface area (Å²) in [5.74, 6) is 0.0344. The van der Waals surface area contributed by atoms with E-state index in [1.165, 1.54) is 5.56 Å². The van der Waals surface area contributed by atoms with Crippen molar-refractivity contribution in [3.63, 3.8) is 0 Å². The fraction of sp³-hybridized carbons (Fsp3) is 0.286. The van der Waals surface area contributed by atoms with Gasteiger partial charge in [-0.1, -0.05) is 92.2 Å². The number of hydrogen-bond donors (Lipinski definition) is 0. The molecule has 0 aliphatic heterocycles. The molecule has 0 fully saturated rings. The van der Waals surface area contributed by atoms with Crippen LogP contribution in [0.2, 0.25) is 0 Å². The molecule has 3 aromatic carbocycles. The Bertz CT molecular complexity index is 1010. The maximum absolute atomic E-state index is 13.0. The molecule has 32 heavy (non-hydrogen) atoms. The van der Waals surface area contributed by atoms with E-state index in [4.69, 9.17) is 4.74 Å². The molecule has 0 aromatic heterocycles. The van der Waals surface area contributed by atoms with E-state index in [0.29, 0.717) is 37.2 Å². The fourth-order valence-corrected chi connectivity index (χ4v) is 3.32. The second-order valence-corrected chi connectivity index (χ2v) is 8.42. The SMILES string of the molecule is Cc1cccc(C(=O)N=C(OCC(C)C)N(CCc2ccccc2)Cc2ccccc2)c1. The number of rotatable bonds is 8. The van der Waals surface area contributed by atoms with Gasteiger partial charge in [0.25, 0.3) is 11.9 Å². The van der Waals surface area contributed by atoms with Crippen LogP contribution in [-0.4, -0.2) is 30.0 Å². The van der Waals surface area contributed by atoms with Crippen LogP contribution >= 0.6 is 0 Å². The zero-order valence-electron chi connectivity index (χ0n) is 19.2. The predicted molar refractivity (Wildman–Crippen MR) is 131 cm³/mol. The largest absolute Gasteiger partial charge is 0.465 e. The first-order valence-electron chi connectivity index (χ1n) is 11.2. The molecule has 0 aliphatic rings. The van der Waals surface area contributed by atoms with Crippen LogP contribution in [0.1, 0.15) is 40.9 Å². The van der Waals surface area contributed by atoms with Gasteiger partial charge in [0.05, 0.1) is 6.61 Å². The Hall–Kier alpha value is -3.40. The number of hydrogen-bond acceptors (Lipinski definition) is 2. The van der Waals surface area contributed by atoms with Crippen molar-refractivity contribution in [1.29, 1.82) is 0 Å². The number of amides is 1. The monoisotopic (exact) mass is 428 g/mol. The molecule has 0 unspecified atom stereocenters. The maximum Gasteiger partial charge on any atom is 0.295 e. The molecule has 0 radical (unpaired) electrons. The van der Waals surface area contributed by atoms with Crippen LogP contribution in [0.25, 0.3) is 0 Å². The van der Waals surface area contributed by atoms with Gasteiger partial charge in [0, 0.05) is 18.7 Å². The minimum atomic E-state index is -0.287. The molecule has 0 atom stereocenters. The number of carbonyl (C=O) groups excluding carboxylic acids is 1. The summed E-state index contributed by atoms with van der Waals surface area (Å²) in [6.07, 6.45) is 0.830. The number of aliphatic imine (C=N–C) groups is 1. The molecule has 166 valence electrons. The minimum absolute atomic E-state index is 0.287. The summed E-state index contributed by atoms with van der Waals surface area (Å²) in [6.45, 7) is 7.95. The van der Waals surface area contributed by atoms with Crippen LogP contribution in [0, 0.1) is 12.8 Å². The first-order chi connectivity index (χ1) is 15.5. The van der Waals surface area contributed by atoms with E-state index in [1.54, 1.807) is 6.07 Å². The number of benzene rings is 3. The zero-order valence-corrected chi connectivity index (χ0v) is 19.2. The van der Waals surface area contributed by atoms with E-state index >= 15 is 0 Å². The Morgan fingerprint density at radius 3 is 2.19 bits per heavy atom. The van der Waals surface area contributed by atoms with E-state index in [0.717, 1.165) is 17.5 Å². The summed E-state index contributed by atoms with van der Waals surface area (Å²) in [4.78, 5) is 19.5. The van der Waals surface area contributed by atoms with Crippen LogP contribution in [-0.2, 0) is 17.7 Å². The summed E-state index contributed by atoms with van der Waals surface area (Å²) in [5.41, 5.74) is 3.97. The van der Waals surface area contributed by atoms with Gasteiger partial charge >= 0.3 is 0 Å². The Kier molecular flexibility index (Phi) is 8.61. The highest BCUT2D eigenvalue weighted by molar-refractivity contribution is 6.01. The first-order valence-corrected chi connectivity index (χ1v) is 11.2. The lowest BCUT2D eigenvalue weighted by Crippen LogP contribution is -2.36. The van der Waals surface area contributed by atoms with Gasteiger partial charge in [-0.2, -0.15) is 4.99 Å². The van der Waals surface area contributed by atoms with Gasteiger partial charge < -0.3 is 9.64 Å². The second kappa shape index (κ2) is 11.8. The molecular weight excluding hydrogens is 396 g/mol. The number of nitrogens with zero attached hydrogens (tertiary/aromatic N) is 2. The van der Waals surface area contributed by atoms with Gasteiger partial charge in [0.15, 0.2) is 0 Å². The predicted octanol–water partition coefficient (Wildman–Crippen LogP) is 5.91. The van der Waals surface area contributed by atoms with Gasteiger partial charge in [-0.05, 0) is 42.5 Å². The van der Waals surface area contributed by atoms with Crippen molar-refractivity contribution >= 4 is 11.9 Å². The molecule has 0 heterocycles.